The number of ketones is 2. The molecule has 16 atom stereocenters. The number of amides is 1. The molecule has 2 bridgehead atoms. The van der Waals surface area contributed by atoms with Crippen molar-refractivity contribution < 1.29 is 63.3 Å². The maximum Gasteiger partial charge on any atom is 0.329 e. The van der Waals surface area contributed by atoms with Crippen LogP contribution in [0.5, 0.6) is 0 Å². The van der Waals surface area contributed by atoms with E-state index in [-0.39, 0.29) is 55.4 Å². The number of ether oxygens (including phenoxy) is 5. The van der Waals surface area contributed by atoms with Crippen LogP contribution in [0.4, 0.5) is 0 Å². The van der Waals surface area contributed by atoms with Crippen LogP contribution in [0.25, 0.3) is 0 Å². The van der Waals surface area contributed by atoms with Crippen molar-refractivity contribution >= 4 is 23.4 Å². The highest BCUT2D eigenvalue weighted by molar-refractivity contribution is 6.39. The summed E-state index contributed by atoms with van der Waals surface area (Å²) < 4.78 is 29.8. The Bertz CT molecular complexity index is 1880. The Morgan fingerprint density at radius 1 is 0.870 bits per heavy atom. The molecule has 0 aromatic heterocycles. The van der Waals surface area contributed by atoms with Crippen LogP contribution >= 0.6 is 0 Å². The van der Waals surface area contributed by atoms with Gasteiger partial charge in [-0.25, -0.2) is 4.79 Å². The standard InChI is InChI=1S/C55H85NO13/c1-11-12-18-27-67-46-32-42-24-22-40(8)55(64,69-42)52(61)53(62)56-26-17-16-21-43(56)54(63)68-47(37(5)30-41-23-25-44(57)48(31-41)65-9)33-45(58)36(4)29-39(7)50(60)51(66-10)49(59)38(6)28-34(2)19-14-13-15-20-35(46)3/h13-15,19-20,29,34,36-38,40-48,50-51,57-58,60,64H,11-12,16-17,21-26,28,30-33H2,1-10H3/b15-13+,19-14+,35-20+,39-29+/t34-,36-,37-,38-,40-,41+,42+,43+,44?,45?,46+,47+,48-,50-,51+,55-/m1/s1. The Morgan fingerprint density at radius 3 is 2.30 bits per heavy atom. The van der Waals surface area contributed by atoms with Crippen LogP contribution in [0.3, 0.4) is 0 Å². The molecule has 1 saturated carbocycles. The summed E-state index contributed by atoms with van der Waals surface area (Å²) >= 11 is 0. The number of aliphatic hydroxyl groups excluding tert-OH is 3. The summed E-state index contributed by atoms with van der Waals surface area (Å²) in [6.07, 6.45) is 14.6. The van der Waals surface area contributed by atoms with Gasteiger partial charge in [0.25, 0.3) is 11.7 Å². The third kappa shape index (κ3) is 16.2. The minimum absolute atomic E-state index is 0.0107. The average Bonchev–Trinajstić information content (AvgIpc) is 3.32. The number of hydrogen-bond donors (Lipinski definition) is 4. The molecule has 4 rings (SSSR count). The van der Waals surface area contributed by atoms with Crippen LogP contribution in [-0.2, 0) is 42.9 Å². The van der Waals surface area contributed by atoms with Gasteiger partial charge in [-0.2, -0.15) is 0 Å². The van der Waals surface area contributed by atoms with Gasteiger partial charge in [-0.15, -0.1) is 0 Å². The zero-order valence-electron chi connectivity index (χ0n) is 43.1. The first-order valence-corrected chi connectivity index (χ1v) is 25.7. The van der Waals surface area contributed by atoms with Gasteiger partial charge in [-0.3, -0.25) is 14.4 Å². The SMILES string of the molecule is CCCC#CO[C@H]1C[C@@H]2CC[C@@H](C)[C@@](O)(O2)C(=O)C(=O)N2CCCC[C@H]2C(=O)O[C@H]([C@H](C)C[C@@H]2CCC(O)[C@H](OC)C2)CC(O)[C@H](C)/C=C(\C)[C@@H](O)[C@@H](OC)C(=O)[C@H](C)C[C@H](C)/C=C/C=C/C=C/1C. The molecule has 2 saturated heterocycles. The Hall–Kier alpha value is -3.68. The molecule has 0 aromatic carbocycles. The van der Waals surface area contributed by atoms with Crippen molar-refractivity contribution in [3.8, 4) is 12.0 Å². The number of aliphatic hydroxyl groups is 4. The van der Waals surface area contributed by atoms with Crippen LogP contribution in [0.1, 0.15) is 145 Å². The van der Waals surface area contributed by atoms with Gasteiger partial charge in [-0.1, -0.05) is 83.9 Å². The molecule has 3 aliphatic heterocycles. The second-order valence-corrected chi connectivity index (χ2v) is 20.7. The maximum atomic E-state index is 14.5. The third-order valence-corrected chi connectivity index (χ3v) is 15.0. The molecule has 4 aliphatic rings. The van der Waals surface area contributed by atoms with Crippen molar-refractivity contribution in [3.63, 3.8) is 0 Å². The summed E-state index contributed by atoms with van der Waals surface area (Å²) in [4.78, 5) is 58.2. The molecule has 0 aromatic rings. The summed E-state index contributed by atoms with van der Waals surface area (Å²) in [6.45, 7) is 15.0. The van der Waals surface area contributed by atoms with Gasteiger partial charge in [-0.05, 0) is 113 Å². The molecule has 2 unspecified atom stereocenters. The van der Waals surface area contributed by atoms with E-state index in [4.69, 9.17) is 23.7 Å². The smallest absolute Gasteiger partial charge is 0.329 e. The van der Waals surface area contributed by atoms with Gasteiger partial charge in [0.05, 0.1) is 24.4 Å². The lowest BCUT2D eigenvalue weighted by molar-refractivity contribution is -0.265. The van der Waals surface area contributed by atoms with E-state index >= 15 is 0 Å². The van der Waals surface area contributed by atoms with E-state index in [0.29, 0.717) is 63.4 Å². The summed E-state index contributed by atoms with van der Waals surface area (Å²) in [7, 11) is 2.97. The van der Waals surface area contributed by atoms with E-state index in [1.165, 1.54) is 12.0 Å². The van der Waals surface area contributed by atoms with Crippen LogP contribution in [-0.4, -0.2) is 130 Å². The Labute approximate surface area is 412 Å². The van der Waals surface area contributed by atoms with E-state index in [0.717, 1.165) is 18.4 Å². The van der Waals surface area contributed by atoms with Gasteiger partial charge < -0.3 is 49.0 Å². The minimum Gasteiger partial charge on any atom is -0.460 e. The molecule has 0 radical (unpaired) electrons. The number of rotatable bonds is 7. The number of unbranched alkanes of at least 4 members (excludes halogenated alkanes) is 1. The van der Waals surface area contributed by atoms with Crippen molar-refractivity contribution in [2.24, 2.45) is 35.5 Å². The number of allylic oxidation sites excluding steroid dienone is 5. The van der Waals surface area contributed by atoms with Crippen molar-refractivity contribution in [2.45, 2.75) is 206 Å². The van der Waals surface area contributed by atoms with E-state index in [2.05, 4.69) is 12.0 Å². The number of cyclic esters (lactones) is 1. The second-order valence-electron chi connectivity index (χ2n) is 20.7. The molecule has 1 aliphatic carbocycles. The van der Waals surface area contributed by atoms with Gasteiger partial charge >= 0.3 is 5.97 Å². The summed E-state index contributed by atoms with van der Waals surface area (Å²) in [5, 5.41) is 45.9. The number of piperidine rings is 1. The predicted molar refractivity (Wildman–Crippen MR) is 263 cm³/mol. The number of Topliss-reactive ketones (excluding diaryl/α,β-unsaturated/α-hetero) is 2. The third-order valence-electron chi connectivity index (χ3n) is 15.0. The van der Waals surface area contributed by atoms with Crippen LogP contribution in [0.2, 0.25) is 0 Å². The first-order chi connectivity index (χ1) is 32.7. The van der Waals surface area contributed by atoms with Crippen molar-refractivity contribution in [2.75, 3.05) is 20.8 Å². The lowest BCUT2D eigenvalue weighted by Gasteiger charge is -2.42. The van der Waals surface area contributed by atoms with Gasteiger partial charge in [0.2, 0.25) is 5.79 Å². The number of methoxy groups -OCH3 is 2. The number of carbonyl (C=O) groups excluding carboxylic acids is 4. The first kappa shape index (κ1) is 57.9. The summed E-state index contributed by atoms with van der Waals surface area (Å²) in [5.74, 6) is -4.42. The fourth-order valence-electron chi connectivity index (χ4n) is 10.4. The minimum atomic E-state index is -2.46. The zero-order chi connectivity index (χ0) is 51.0. The molecule has 388 valence electrons. The molecule has 14 heteroatoms. The molecular formula is C55H85NO13. The maximum absolute atomic E-state index is 14.5. The Kier molecular flexibility index (Phi) is 23.3. The fourth-order valence-corrected chi connectivity index (χ4v) is 10.4. The molecule has 3 fully saturated rings. The highest BCUT2D eigenvalue weighted by atomic mass is 16.6. The van der Waals surface area contributed by atoms with Crippen molar-refractivity contribution in [1.29, 1.82) is 0 Å². The lowest BCUT2D eigenvalue weighted by atomic mass is 9.78. The van der Waals surface area contributed by atoms with E-state index < -0.39 is 90.0 Å². The number of fused-ring (bicyclic) bond motifs is 3. The van der Waals surface area contributed by atoms with Gasteiger partial charge in [0, 0.05) is 57.8 Å². The normalized spacial score (nSPS) is 39.5. The molecule has 4 N–H and O–H groups in total. The Balaban J connectivity index is 1.73. The van der Waals surface area contributed by atoms with Crippen LogP contribution in [0.15, 0.2) is 47.6 Å². The topological polar surface area (TPSA) is 199 Å². The van der Waals surface area contributed by atoms with Crippen LogP contribution < -0.4 is 0 Å². The summed E-state index contributed by atoms with van der Waals surface area (Å²) in [6, 6.07) is -1.13. The number of nitrogens with zero attached hydrogens (tertiary/aromatic N) is 1. The molecule has 0 spiro atoms. The lowest BCUT2D eigenvalue weighted by Crippen LogP contribution is -2.61. The average molecular weight is 968 g/mol. The number of hydrogen-bond acceptors (Lipinski definition) is 13. The Morgan fingerprint density at radius 2 is 1.61 bits per heavy atom. The molecule has 1 amide bonds. The number of esters is 1. The molecule has 3 heterocycles. The fraction of sp³-hybridized carbons (Fsp3) is 0.745. The zero-order valence-corrected chi connectivity index (χ0v) is 43.1. The summed E-state index contributed by atoms with van der Waals surface area (Å²) in [5.41, 5.74) is 1.27. The quantitative estimate of drug-likeness (QED) is 0.0873. The van der Waals surface area contributed by atoms with Gasteiger partial charge in [0.15, 0.2) is 5.78 Å². The van der Waals surface area contributed by atoms with Gasteiger partial charge in [0.1, 0.15) is 36.6 Å². The highest BCUT2D eigenvalue weighted by Gasteiger charge is 2.53. The predicted octanol–water partition coefficient (Wildman–Crippen LogP) is 7.10. The largest absolute Gasteiger partial charge is 0.460 e. The van der Waals surface area contributed by atoms with E-state index in [9.17, 15) is 39.6 Å². The monoisotopic (exact) mass is 968 g/mol. The van der Waals surface area contributed by atoms with Crippen molar-refractivity contribution in [1.82, 2.24) is 4.90 Å². The molecule has 69 heavy (non-hydrogen) atoms. The molecule has 14 nitrogen and oxygen atoms in total. The van der Waals surface area contributed by atoms with Crippen molar-refractivity contribution in [3.05, 3.63) is 47.6 Å². The highest BCUT2D eigenvalue weighted by Crippen LogP contribution is 2.38. The first-order valence-electron chi connectivity index (χ1n) is 25.7. The second kappa shape index (κ2) is 27.8. The number of carbonyl (C=O) groups is 4. The van der Waals surface area contributed by atoms with E-state index in [1.807, 2.05) is 65.0 Å². The molecular weight excluding hydrogens is 883 g/mol. The van der Waals surface area contributed by atoms with Crippen LogP contribution in [0, 0.1) is 47.5 Å². The van der Waals surface area contributed by atoms with E-state index in [1.54, 1.807) is 34.0 Å².